The molecule has 0 unspecified atom stereocenters. The SMILES string of the molecule is COc1cccc(N2CCN(CCCc3noc4cc(F)ccc34)C3(C2)OC(=O)C(=O)O3)c1. The monoisotopic (exact) mass is 455 g/mol. The van der Waals surface area contributed by atoms with Crippen molar-refractivity contribution in [3.8, 4) is 5.75 Å². The highest BCUT2D eigenvalue weighted by Gasteiger charge is 2.55. The second kappa shape index (κ2) is 8.36. The van der Waals surface area contributed by atoms with Crippen LogP contribution in [-0.4, -0.2) is 61.2 Å². The summed E-state index contributed by atoms with van der Waals surface area (Å²) >= 11 is 0. The van der Waals surface area contributed by atoms with E-state index < -0.39 is 17.8 Å². The summed E-state index contributed by atoms with van der Waals surface area (Å²) in [6.45, 7) is 1.80. The lowest BCUT2D eigenvalue weighted by Gasteiger charge is -2.45. The standard InChI is InChI=1S/C23H22FN3O6/c1-30-17-5-2-4-16(13-17)26-10-11-27(23(14-26)31-21(28)22(29)32-23)9-3-6-19-18-8-7-15(24)12-20(18)33-25-19/h2,4-5,7-8,12-13H,3,6,9-11,14H2,1H3. The fourth-order valence-corrected chi connectivity index (χ4v) is 4.31. The van der Waals surface area contributed by atoms with Crippen LogP contribution in [-0.2, 0) is 25.5 Å². The van der Waals surface area contributed by atoms with Gasteiger partial charge >= 0.3 is 17.8 Å². The zero-order valence-corrected chi connectivity index (χ0v) is 18.0. The first-order valence-corrected chi connectivity index (χ1v) is 10.6. The largest absolute Gasteiger partial charge is 0.497 e. The van der Waals surface area contributed by atoms with Gasteiger partial charge in [-0.15, -0.1) is 0 Å². The summed E-state index contributed by atoms with van der Waals surface area (Å²) in [5, 5.41) is 4.81. The molecule has 2 aliphatic rings. The third-order valence-electron chi connectivity index (χ3n) is 5.95. The van der Waals surface area contributed by atoms with Gasteiger partial charge in [-0.1, -0.05) is 11.2 Å². The van der Waals surface area contributed by atoms with Crippen molar-refractivity contribution in [2.45, 2.75) is 18.8 Å². The molecule has 33 heavy (non-hydrogen) atoms. The molecule has 9 nitrogen and oxygen atoms in total. The first-order chi connectivity index (χ1) is 16.0. The number of carbonyl (C=O) groups is 2. The van der Waals surface area contributed by atoms with Gasteiger partial charge in [0.05, 0.1) is 12.8 Å². The maximum atomic E-state index is 13.4. The summed E-state index contributed by atoms with van der Waals surface area (Å²) in [5.41, 5.74) is 1.98. The highest BCUT2D eigenvalue weighted by Crippen LogP contribution is 2.33. The Morgan fingerprint density at radius 2 is 1.94 bits per heavy atom. The molecule has 0 radical (unpaired) electrons. The van der Waals surface area contributed by atoms with Crippen molar-refractivity contribution in [3.05, 3.63) is 54.0 Å². The Labute approximate surface area is 188 Å². The fraction of sp³-hybridized carbons (Fsp3) is 0.348. The molecule has 2 aliphatic heterocycles. The van der Waals surface area contributed by atoms with Crippen LogP contribution in [0.3, 0.4) is 0 Å². The van der Waals surface area contributed by atoms with Gasteiger partial charge in [0, 0.05) is 42.8 Å². The molecule has 0 bridgehead atoms. The van der Waals surface area contributed by atoms with Crippen LogP contribution in [0.2, 0.25) is 0 Å². The first-order valence-electron chi connectivity index (χ1n) is 10.6. The van der Waals surface area contributed by atoms with Crippen LogP contribution in [0.1, 0.15) is 12.1 Å². The molecule has 2 fully saturated rings. The van der Waals surface area contributed by atoms with Crippen molar-refractivity contribution in [1.82, 2.24) is 10.1 Å². The third kappa shape index (κ3) is 3.97. The predicted octanol–water partition coefficient (Wildman–Crippen LogP) is 2.48. The fourth-order valence-electron chi connectivity index (χ4n) is 4.31. The average Bonchev–Trinajstić information content (AvgIpc) is 3.34. The number of nitrogens with zero attached hydrogens (tertiary/aromatic N) is 3. The van der Waals surface area contributed by atoms with E-state index in [1.807, 2.05) is 34.1 Å². The lowest BCUT2D eigenvalue weighted by molar-refractivity contribution is -0.250. The minimum absolute atomic E-state index is 0.170. The molecule has 0 aliphatic carbocycles. The summed E-state index contributed by atoms with van der Waals surface area (Å²) < 4.78 is 34.8. The highest BCUT2D eigenvalue weighted by molar-refractivity contribution is 6.31. The van der Waals surface area contributed by atoms with Gasteiger partial charge in [-0.25, -0.2) is 18.9 Å². The van der Waals surface area contributed by atoms with Crippen molar-refractivity contribution in [2.24, 2.45) is 0 Å². The minimum atomic E-state index is -1.50. The van der Waals surface area contributed by atoms with Crippen LogP contribution < -0.4 is 9.64 Å². The molecule has 1 spiro atoms. The minimum Gasteiger partial charge on any atom is -0.497 e. The zero-order chi connectivity index (χ0) is 23.0. The number of anilines is 1. The Morgan fingerprint density at radius 3 is 2.73 bits per heavy atom. The number of carbonyl (C=O) groups excluding carboxylic acids is 2. The smallest absolute Gasteiger partial charge is 0.421 e. The number of benzene rings is 2. The highest BCUT2D eigenvalue weighted by atomic mass is 19.1. The maximum Gasteiger partial charge on any atom is 0.421 e. The van der Waals surface area contributed by atoms with Crippen LogP contribution in [0, 0.1) is 5.82 Å². The van der Waals surface area contributed by atoms with E-state index in [2.05, 4.69) is 5.16 Å². The molecule has 2 saturated heterocycles. The average molecular weight is 455 g/mol. The molecule has 0 atom stereocenters. The number of rotatable bonds is 6. The van der Waals surface area contributed by atoms with E-state index >= 15 is 0 Å². The molecule has 5 rings (SSSR count). The molecule has 10 heteroatoms. The molecular weight excluding hydrogens is 433 g/mol. The molecule has 3 heterocycles. The lowest BCUT2D eigenvalue weighted by atomic mass is 10.1. The maximum absolute atomic E-state index is 13.4. The van der Waals surface area contributed by atoms with E-state index in [0.717, 1.165) is 16.8 Å². The van der Waals surface area contributed by atoms with Crippen LogP contribution in [0.15, 0.2) is 47.0 Å². The van der Waals surface area contributed by atoms with Gasteiger partial charge in [0.1, 0.15) is 18.1 Å². The lowest BCUT2D eigenvalue weighted by Crippen LogP contribution is -2.63. The predicted molar refractivity (Wildman–Crippen MR) is 114 cm³/mol. The van der Waals surface area contributed by atoms with Crippen LogP contribution >= 0.6 is 0 Å². The van der Waals surface area contributed by atoms with Gasteiger partial charge < -0.3 is 23.6 Å². The summed E-state index contributed by atoms with van der Waals surface area (Å²) in [6.07, 6.45) is 1.20. The van der Waals surface area contributed by atoms with Crippen molar-refractivity contribution < 1.29 is 32.7 Å². The Bertz CT molecular complexity index is 1200. The number of aryl methyl sites for hydroxylation is 1. The van der Waals surface area contributed by atoms with E-state index in [4.69, 9.17) is 18.7 Å². The second-order valence-corrected chi connectivity index (χ2v) is 7.98. The molecule has 0 saturated carbocycles. The third-order valence-corrected chi connectivity index (χ3v) is 5.95. The molecular formula is C23H22FN3O6. The zero-order valence-electron chi connectivity index (χ0n) is 18.0. The van der Waals surface area contributed by atoms with Gasteiger partial charge in [0.15, 0.2) is 5.58 Å². The van der Waals surface area contributed by atoms with Crippen molar-refractivity contribution in [1.29, 1.82) is 0 Å². The van der Waals surface area contributed by atoms with Crippen molar-refractivity contribution >= 4 is 28.6 Å². The summed E-state index contributed by atoms with van der Waals surface area (Å²) in [5.74, 6) is -3.19. The van der Waals surface area contributed by atoms with Crippen molar-refractivity contribution in [2.75, 3.05) is 38.2 Å². The van der Waals surface area contributed by atoms with Gasteiger partial charge in [-0.2, -0.15) is 0 Å². The molecule has 3 aromatic rings. The van der Waals surface area contributed by atoms with Crippen LogP contribution in [0.4, 0.5) is 10.1 Å². The van der Waals surface area contributed by atoms with Crippen LogP contribution in [0.5, 0.6) is 5.75 Å². The number of hydrogen-bond acceptors (Lipinski definition) is 9. The van der Waals surface area contributed by atoms with E-state index in [1.165, 1.54) is 12.1 Å². The van der Waals surface area contributed by atoms with Crippen LogP contribution in [0.25, 0.3) is 11.0 Å². The number of methoxy groups -OCH3 is 1. The van der Waals surface area contributed by atoms with E-state index in [1.54, 1.807) is 13.2 Å². The Balaban J connectivity index is 1.31. The summed E-state index contributed by atoms with van der Waals surface area (Å²) in [6, 6.07) is 11.8. The van der Waals surface area contributed by atoms with Gasteiger partial charge in [0.25, 0.3) is 0 Å². The summed E-state index contributed by atoms with van der Waals surface area (Å²) in [4.78, 5) is 27.8. The molecule has 0 amide bonds. The Kier molecular flexibility index (Phi) is 5.37. The van der Waals surface area contributed by atoms with Gasteiger partial charge in [-0.05, 0) is 37.1 Å². The van der Waals surface area contributed by atoms with Crippen molar-refractivity contribution in [3.63, 3.8) is 0 Å². The molecule has 0 N–H and O–H groups in total. The Hall–Kier alpha value is -3.66. The number of fused-ring (bicyclic) bond motifs is 1. The normalized spacial score (nSPS) is 18.1. The number of piperazine rings is 1. The first kappa shape index (κ1) is 21.2. The van der Waals surface area contributed by atoms with Gasteiger partial charge in [-0.3, -0.25) is 0 Å². The Morgan fingerprint density at radius 1 is 1.12 bits per heavy atom. The quantitative estimate of drug-likeness (QED) is 0.410. The number of halogens is 1. The summed E-state index contributed by atoms with van der Waals surface area (Å²) in [7, 11) is 1.59. The van der Waals surface area contributed by atoms with Gasteiger partial charge in [0.2, 0.25) is 0 Å². The topological polar surface area (TPSA) is 94.3 Å². The number of hydrogen-bond donors (Lipinski definition) is 0. The van der Waals surface area contributed by atoms with E-state index in [0.29, 0.717) is 43.8 Å². The number of aromatic nitrogens is 1. The number of ether oxygens (including phenoxy) is 3. The van der Waals surface area contributed by atoms with E-state index in [9.17, 15) is 14.0 Å². The van der Waals surface area contributed by atoms with E-state index in [-0.39, 0.29) is 12.4 Å². The molecule has 1 aromatic heterocycles. The number of esters is 2. The second-order valence-electron chi connectivity index (χ2n) is 7.98. The molecule has 2 aromatic carbocycles. The molecule has 172 valence electrons.